The van der Waals surface area contributed by atoms with E-state index in [0.717, 1.165) is 17.0 Å². The molecule has 0 bridgehead atoms. The summed E-state index contributed by atoms with van der Waals surface area (Å²) in [4.78, 5) is 12.5. The molecule has 0 aliphatic carbocycles. The maximum absolute atomic E-state index is 13.1. The number of benzene rings is 1. The molecule has 0 aromatic heterocycles. The Kier molecular flexibility index (Phi) is 3.34. The Balaban J connectivity index is 2.97. The molecule has 0 saturated heterocycles. The predicted octanol–water partition coefficient (Wildman–Crippen LogP) is 1.56. The molecule has 1 aromatic carbocycles. The molecule has 0 radical (unpaired) electrons. The minimum Gasteiger partial charge on any atom is -0.328 e. The van der Waals surface area contributed by atoms with E-state index in [1.807, 2.05) is 0 Å². The van der Waals surface area contributed by atoms with Crippen molar-refractivity contribution >= 4 is 5.91 Å². The van der Waals surface area contributed by atoms with Crippen LogP contribution in [0.4, 0.5) is 8.78 Å². The second kappa shape index (κ2) is 4.51. The third-order valence-corrected chi connectivity index (χ3v) is 1.82. The number of hydrogen-bond acceptors (Lipinski definition) is 2. The summed E-state index contributed by atoms with van der Waals surface area (Å²) in [7, 11) is 1.37. The highest BCUT2D eigenvalue weighted by atomic mass is 19.1. The largest absolute Gasteiger partial charge is 0.328 e. The average Bonchev–Trinajstić information content (AvgIpc) is 2.17. The van der Waals surface area contributed by atoms with Crippen LogP contribution < -0.4 is 0 Å². The van der Waals surface area contributed by atoms with Crippen LogP contribution in [0.5, 0.6) is 0 Å². The van der Waals surface area contributed by atoms with Crippen LogP contribution in [0.2, 0.25) is 0 Å². The van der Waals surface area contributed by atoms with Crippen LogP contribution >= 0.6 is 0 Å². The van der Waals surface area contributed by atoms with E-state index < -0.39 is 17.5 Å². The number of rotatable bonds is 2. The summed E-state index contributed by atoms with van der Waals surface area (Å²) in [5.41, 5.74) is -0.242. The van der Waals surface area contributed by atoms with Gasteiger partial charge in [-0.15, -0.1) is 0 Å². The second-order valence-corrected chi connectivity index (χ2v) is 2.94. The van der Waals surface area contributed by atoms with E-state index in [9.17, 15) is 13.6 Å². The summed E-state index contributed by atoms with van der Waals surface area (Å²) in [6.07, 6.45) is 0. The molecule has 0 fully saturated rings. The van der Waals surface area contributed by atoms with E-state index in [1.54, 1.807) is 6.07 Å². The molecule has 0 saturated carbocycles. The number of carbonyl (C=O) groups excluding carboxylic acids is 1. The van der Waals surface area contributed by atoms with Crippen LogP contribution in [-0.4, -0.2) is 24.4 Å². The number of hydrogen-bond donors (Lipinski definition) is 0. The van der Waals surface area contributed by atoms with E-state index in [2.05, 4.69) is 0 Å². The lowest BCUT2D eigenvalue weighted by molar-refractivity contribution is 0.0807. The van der Waals surface area contributed by atoms with Gasteiger partial charge in [0.2, 0.25) is 0 Å². The first-order valence-corrected chi connectivity index (χ1v) is 4.13. The molecule has 1 aromatic rings. The van der Waals surface area contributed by atoms with Crippen LogP contribution in [0.25, 0.3) is 0 Å². The molecule has 0 spiro atoms. The number of nitrogens with zero attached hydrogens (tertiary/aromatic N) is 2. The SMILES string of the molecule is CN(CC#N)C(=O)c1ccc(F)cc1F. The number of carbonyl (C=O) groups is 1. The van der Waals surface area contributed by atoms with E-state index in [4.69, 9.17) is 5.26 Å². The van der Waals surface area contributed by atoms with Crippen molar-refractivity contribution in [2.24, 2.45) is 0 Å². The van der Waals surface area contributed by atoms with Gasteiger partial charge >= 0.3 is 0 Å². The Bertz CT molecular complexity index is 426. The smallest absolute Gasteiger partial charge is 0.257 e. The Labute approximate surface area is 85.5 Å². The van der Waals surface area contributed by atoms with Gasteiger partial charge in [0.15, 0.2) is 0 Å². The van der Waals surface area contributed by atoms with Gasteiger partial charge in [-0.1, -0.05) is 0 Å². The molecule has 0 unspecified atom stereocenters. The fourth-order valence-electron chi connectivity index (χ4n) is 1.05. The summed E-state index contributed by atoms with van der Waals surface area (Å²) >= 11 is 0. The highest BCUT2D eigenvalue weighted by Crippen LogP contribution is 2.11. The van der Waals surface area contributed by atoms with Gasteiger partial charge in [-0.25, -0.2) is 8.78 Å². The summed E-state index contributed by atoms with van der Waals surface area (Å²) in [5, 5.41) is 8.35. The monoisotopic (exact) mass is 210 g/mol. The van der Waals surface area contributed by atoms with Crippen molar-refractivity contribution in [2.75, 3.05) is 13.6 Å². The standard InChI is InChI=1S/C10H8F2N2O/c1-14(5-4-13)10(15)8-3-2-7(11)6-9(8)12/h2-3,6H,5H2,1H3. The lowest BCUT2D eigenvalue weighted by Crippen LogP contribution is -2.27. The minimum atomic E-state index is -0.926. The topological polar surface area (TPSA) is 44.1 Å². The Hall–Kier alpha value is -1.96. The molecule has 0 aliphatic heterocycles. The Morgan fingerprint density at radius 3 is 2.73 bits per heavy atom. The third kappa shape index (κ3) is 2.50. The fourth-order valence-corrected chi connectivity index (χ4v) is 1.05. The molecule has 0 N–H and O–H groups in total. The first-order valence-electron chi connectivity index (χ1n) is 4.13. The lowest BCUT2D eigenvalue weighted by Gasteiger charge is -2.13. The van der Waals surface area contributed by atoms with Gasteiger partial charge in [-0.2, -0.15) is 5.26 Å². The van der Waals surface area contributed by atoms with Crippen LogP contribution in [-0.2, 0) is 0 Å². The minimum absolute atomic E-state index is 0.143. The van der Waals surface area contributed by atoms with Crippen LogP contribution in [0, 0.1) is 23.0 Å². The van der Waals surface area contributed by atoms with Crippen LogP contribution in [0.15, 0.2) is 18.2 Å². The van der Waals surface area contributed by atoms with Crippen molar-refractivity contribution in [1.29, 1.82) is 5.26 Å². The highest BCUT2D eigenvalue weighted by Gasteiger charge is 2.15. The summed E-state index contributed by atoms with van der Waals surface area (Å²) in [6.45, 7) is -0.143. The normalized spacial score (nSPS) is 9.47. The fraction of sp³-hybridized carbons (Fsp3) is 0.200. The summed E-state index contributed by atoms with van der Waals surface area (Å²) in [5.74, 6) is -2.31. The van der Waals surface area contributed by atoms with Crippen molar-refractivity contribution in [3.8, 4) is 6.07 Å². The molecule has 0 aliphatic rings. The van der Waals surface area contributed by atoms with Gasteiger partial charge in [0.25, 0.3) is 5.91 Å². The van der Waals surface area contributed by atoms with Crippen molar-refractivity contribution < 1.29 is 13.6 Å². The first-order chi connectivity index (χ1) is 7.06. The van der Waals surface area contributed by atoms with E-state index in [0.29, 0.717) is 6.07 Å². The lowest BCUT2D eigenvalue weighted by atomic mass is 10.2. The van der Waals surface area contributed by atoms with E-state index >= 15 is 0 Å². The van der Waals surface area contributed by atoms with Gasteiger partial charge in [0, 0.05) is 13.1 Å². The number of halogens is 2. The summed E-state index contributed by atoms with van der Waals surface area (Å²) < 4.78 is 25.7. The average molecular weight is 210 g/mol. The maximum atomic E-state index is 13.1. The molecule has 15 heavy (non-hydrogen) atoms. The molecule has 1 rings (SSSR count). The molecule has 5 heteroatoms. The van der Waals surface area contributed by atoms with Crippen molar-refractivity contribution in [1.82, 2.24) is 4.90 Å². The third-order valence-electron chi connectivity index (χ3n) is 1.82. The zero-order chi connectivity index (χ0) is 11.4. The maximum Gasteiger partial charge on any atom is 0.257 e. The molecule has 3 nitrogen and oxygen atoms in total. The highest BCUT2D eigenvalue weighted by molar-refractivity contribution is 5.94. The predicted molar refractivity (Wildman–Crippen MR) is 48.9 cm³/mol. The van der Waals surface area contributed by atoms with Crippen molar-refractivity contribution in [3.05, 3.63) is 35.4 Å². The van der Waals surface area contributed by atoms with Gasteiger partial charge in [-0.3, -0.25) is 4.79 Å². The zero-order valence-electron chi connectivity index (χ0n) is 8.00. The van der Waals surface area contributed by atoms with Gasteiger partial charge in [0.1, 0.15) is 18.2 Å². The molecular formula is C10H8F2N2O. The Morgan fingerprint density at radius 2 is 2.20 bits per heavy atom. The second-order valence-electron chi connectivity index (χ2n) is 2.94. The summed E-state index contributed by atoms with van der Waals surface area (Å²) in [6, 6.07) is 4.44. The molecule has 0 heterocycles. The zero-order valence-corrected chi connectivity index (χ0v) is 8.00. The number of amides is 1. The quantitative estimate of drug-likeness (QED) is 0.695. The van der Waals surface area contributed by atoms with Gasteiger partial charge < -0.3 is 4.90 Å². The Morgan fingerprint density at radius 1 is 1.53 bits per heavy atom. The molecule has 78 valence electrons. The molecule has 1 amide bonds. The van der Waals surface area contributed by atoms with Crippen molar-refractivity contribution in [2.45, 2.75) is 0 Å². The molecular weight excluding hydrogens is 202 g/mol. The molecule has 0 atom stereocenters. The number of nitriles is 1. The van der Waals surface area contributed by atoms with Gasteiger partial charge in [-0.05, 0) is 12.1 Å². The van der Waals surface area contributed by atoms with Crippen LogP contribution in [0.3, 0.4) is 0 Å². The van der Waals surface area contributed by atoms with Gasteiger partial charge in [0.05, 0.1) is 11.6 Å². The van der Waals surface area contributed by atoms with E-state index in [-0.39, 0.29) is 12.1 Å². The van der Waals surface area contributed by atoms with E-state index in [1.165, 1.54) is 7.05 Å². The van der Waals surface area contributed by atoms with Crippen molar-refractivity contribution in [3.63, 3.8) is 0 Å². The van der Waals surface area contributed by atoms with Crippen LogP contribution in [0.1, 0.15) is 10.4 Å². The first kappa shape index (κ1) is 11.1.